The van der Waals surface area contributed by atoms with E-state index >= 15 is 0 Å². The third kappa shape index (κ3) is 3.68. The Bertz CT molecular complexity index is 1980. The Morgan fingerprint density at radius 1 is 0.850 bits per heavy atom. The van der Waals surface area contributed by atoms with E-state index in [4.69, 9.17) is 24.3 Å². The number of rotatable bonds is 5. The zero-order valence-electron chi connectivity index (χ0n) is 21.3. The number of fused-ring (bicyclic) bond motifs is 5. The Hall–Kier alpha value is -4.96. The van der Waals surface area contributed by atoms with Crippen LogP contribution in [0.3, 0.4) is 0 Å². The van der Waals surface area contributed by atoms with Crippen molar-refractivity contribution in [1.29, 1.82) is 0 Å². The molecule has 1 atom stereocenters. The van der Waals surface area contributed by atoms with Gasteiger partial charge in [-0.2, -0.15) is 5.10 Å². The van der Waals surface area contributed by atoms with Crippen molar-refractivity contribution in [3.8, 4) is 17.4 Å². The number of para-hydroxylation sites is 3. The van der Waals surface area contributed by atoms with Gasteiger partial charge in [0.05, 0.1) is 34.2 Å². The second kappa shape index (κ2) is 9.06. The van der Waals surface area contributed by atoms with Crippen LogP contribution in [0.4, 0.5) is 0 Å². The molecule has 9 nitrogen and oxygen atoms in total. The second-order valence-corrected chi connectivity index (χ2v) is 10.4. The molecule has 1 aliphatic rings. The van der Waals surface area contributed by atoms with Crippen LogP contribution in [0.15, 0.2) is 101 Å². The molecule has 0 saturated carbocycles. The number of benzene rings is 3. The number of hydrogen-bond donors (Lipinski definition) is 0. The molecular weight excluding hydrogens is 522 g/mol. The summed E-state index contributed by atoms with van der Waals surface area (Å²) in [6.45, 7) is 2.02. The first-order chi connectivity index (χ1) is 19.7. The van der Waals surface area contributed by atoms with Gasteiger partial charge in [0.1, 0.15) is 11.8 Å². The maximum absolute atomic E-state index is 6.49. The first-order valence-corrected chi connectivity index (χ1v) is 13.8. The van der Waals surface area contributed by atoms with Gasteiger partial charge in [-0.15, -0.1) is 5.10 Å². The lowest BCUT2D eigenvalue weighted by atomic mass is 9.84. The number of aromatic nitrogens is 7. The highest BCUT2D eigenvalue weighted by molar-refractivity contribution is 7.98. The summed E-state index contributed by atoms with van der Waals surface area (Å²) in [5, 5.41) is 10.2. The molecule has 5 heterocycles. The average molecular weight is 544 g/mol. The normalized spacial score (nSPS) is 14.3. The molecule has 0 saturated heterocycles. The van der Waals surface area contributed by atoms with Crippen LogP contribution in [-0.4, -0.2) is 34.3 Å². The molecule has 7 aromatic rings. The maximum Gasteiger partial charge on any atom is 0.257 e. The molecule has 10 heteroatoms. The van der Waals surface area contributed by atoms with Crippen molar-refractivity contribution in [2.75, 3.05) is 0 Å². The van der Waals surface area contributed by atoms with Gasteiger partial charge in [-0.25, -0.2) is 24.1 Å². The van der Waals surface area contributed by atoms with E-state index < -0.39 is 0 Å². The molecule has 0 radical (unpaired) electrons. The van der Waals surface area contributed by atoms with E-state index in [2.05, 4.69) is 22.1 Å². The van der Waals surface area contributed by atoms with Gasteiger partial charge in [-0.05, 0) is 36.8 Å². The largest absolute Gasteiger partial charge is 0.431 e. The van der Waals surface area contributed by atoms with Gasteiger partial charge < -0.3 is 9.15 Å². The molecule has 8 rings (SSSR count). The van der Waals surface area contributed by atoms with Crippen LogP contribution in [0.2, 0.25) is 0 Å². The zero-order chi connectivity index (χ0) is 26.6. The van der Waals surface area contributed by atoms with Gasteiger partial charge in [-0.1, -0.05) is 72.4 Å². The van der Waals surface area contributed by atoms with E-state index in [0.717, 1.165) is 39.2 Å². The lowest BCUT2D eigenvalue weighted by molar-refractivity contribution is 0.402. The highest BCUT2D eigenvalue weighted by Gasteiger charge is 2.38. The summed E-state index contributed by atoms with van der Waals surface area (Å²) in [5.41, 5.74) is 7.04. The van der Waals surface area contributed by atoms with Crippen LogP contribution >= 0.6 is 11.8 Å². The van der Waals surface area contributed by atoms with E-state index in [1.54, 1.807) is 10.8 Å². The lowest BCUT2D eigenvalue weighted by Gasteiger charge is -2.26. The fourth-order valence-corrected chi connectivity index (χ4v) is 5.93. The Labute approximate surface area is 232 Å². The lowest BCUT2D eigenvalue weighted by Crippen LogP contribution is -2.16. The standard InChI is InChI=1S/C30H21N7O2S/c1-18-24-25(19-10-4-2-5-11-19)26-27-33-23(16-40-30-32-21-14-8-9-15-22(21)38-30)35-36(27)17-31-28(26)39-29(24)37(34-18)20-12-6-3-7-13-20/h2-15,17,25H,16H2,1H3. The number of ether oxygens (including phenoxy) is 1. The van der Waals surface area contributed by atoms with Gasteiger partial charge in [0.25, 0.3) is 5.22 Å². The van der Waals surface area contributed by atoms with E-state index in [-0.39, 0.29) is 5.92 Å². The molecule has 0 amide bonds. The van der Waals surface area contributed by atoms with Crippen LogP contribution in [0, 0.1) is 6.92 Å². The molecular formula is C30H21N7O2S. The summed E-state index contributed by atoms with van der Waals surface area (Å²) < 4.78 is 15.9. The number of oxazole rings is 1. The molecule has 3 aromatic carbocycles. The molecule has 40 heavy (non-hydrogen) atoms. The smallest absolute Gasteiger partial charge is 0.257 e. The van der Waals surface area contributed by atoms with Crippen molar-refractivity contribution in [1.82, 2.24) is 34.3 Å². The Kier molecular flexibility index (Phi) is 5.20. The molecule has 1 aliphatic heterocycles. The van der Waals surface area contributed by atoms with E-state index in [0.29, 0.717) is 34.2 Å². The van der Waals surface area contributed by atoms with E-state index in [9.17, 15) is 0 Å². The summed E-state index contributed by atoms with van der Waals surface area (Å²) in [6, 6.07) is 28.0. The zero-order valence-corrected chi connectivity index (χ0v) is 22.1. The van der Waals surface area contributed by atoms with Crippen LogP contribution in [0.1, 0.15) is 34.1 Å². The Morgan fingerprint density at radius 2 is 1.62 bits per heavy atom. The average Bonchev–Trinajstić information content (AvgIpc) is 3.70. The van der Waals surface area contributed by atoms with Crippen LogP contribution in [0.25, 0.3) is 22.4 Å². The molecule has 0 aliphatic carbocycles. The SMILES string of the molecule is Cc1nn(-c2ccccc2)c2c1C(c1ccccc1)c1c(ncn3nc(CSc4nc5ccccc5o4)nc13)O2. The minimum absolute atomic E-state index is 0.185. The van der Waals surface area contributed by atoms with Gasteiger partial charge in [0.2, 0.25) is 11.8 Å². The van der Waals surface area contributed by atoms with Gasteiger partial charge in [0, 0.05) is 0 Å². The Balaban J connectivity index is 1.24. The first-order valence-electron chi connectivity index (χ1n) is 12.8. The summed E-state index contributed by atoms with van der Waals surface area (Å²) >= 11 is 1.46. The van der Waals surface area contributed by atoms with Crippen molar-refractivity contribution in [2.45, 2.75) is 23.8 Å². The van der Waals surface area contributed by atoms with Crippen molar-refractivity contribution >= 4 is 28.5 Å². The summed E-state index contributed by atoms with van der Waals surface area (Å²) in [7, 11) is 0. The minimum Gasteiger partial charge on any atom is -0.431 e. The topological polar surface area (TPSA) is 96.2 Å². The highest BCUT2D eigenvalue weighted by atomic mass is 32.2. The number of aryl methyl sites for hydroxylation is 1. The quantitative estimate of drug-likeness (QED) is 0.232. The summed E-state index contributed by atoms with van der Waals surface area (Å²) in [5.74, 6) is 2.12. The predicted octanol–water partition coefficient (Wildman–Crippen LogP) is 6.34. The monoisotopic (exact) mass is 543 g/mol. The van der Waals surface area contributed by atoms with Crippen molar-refractivity contribution < 1.29 is 9.15 Å². The van der Waals surface area contributed by atoms with Crippen molar-refractivity contribution in [2.24, 2.45) is 0 Å². The third-order valence-corrected chi connectivity index (χ3v) is 7.82. The fraction of sp³-hybridized carbons (Fsp3) is 0.100. The molecule has 0 spiro atoms. The summed E-state index contributed by atoms with van der Waals surface area (Å²) in [6.07, 6.45) is 1.65. The van der Waals surface area contributed by atoms with Crippen LogP contribution < -0.4 is 4.74 Å². The van der Waals surface area contributed by atoms with E-state index in [1.807, 2.05) is 84.4 Å². The molecule has 0 fully saturated rings. The fourth-order valence-electron chi connectivity index (χ4n) is 5.25. The van der Waals surface area contributed by atoms with Crippen molar-refractivity contribution in [3.63, 3.8) is 0 Å². The summed E-state index contributed by atoms with van der Waals surface area (Å²) in [4.78, 5) is 14.2. The Morgan fingerprint density at radius 3 is 2.45 bits per heavy atom. The molecule has 4 aromatic heterocycles. The van der Waals surface area contributed by atoms with Gasteiger partial charge in [-0.3, -0.25) is 0 Å². The first kappa shape index (κ1) is 23.0. The van der Waals surface area contributed by atoms with Crippen molar-refractivity contribution in [3.05, 3.63) is 119 Å². The predicted molar refractivity (Wildman–Crippen MR) is 150 cm³/mol. The third-order valence-electron chi connectivity index (χ3n) is 7.00. The van der Waals surface area contributed by atoms with Gasteiger partial charge in [0.15, 0.2) is 17.1 Å². The molecule has 1 unspecified atom stereocenters. The second-order valence-electron chi connectivity index (χ2n) is 9.49. The minimum atomic E-state index is -0.185. The highest BCUT2D eigenvalue weighted by Crippen LogP contribution is 2.49. The number of nitrogens with zero attached hydrogens (tertiary/aromatic N) is 7. The molecule has 0 bridgehead atoms. The molecule has 0 N–H and O–H groups in total. The van der Waals surface area contributed by atoms with Crippen LogP contribution in [0.5, 0.6) is 11.8 Å². The maximum atomic E-state index is 6.49. The molecule has 194 valence electrons. The van der Waals surface area contributed by atoms with E-state index in [1.165, 1.54) is 11.8 Å². The number of hydrogen-bond acceptors (Lipinski definition) is 8. The van der Waals surface area contributed by atoms with Crippen LogP contribution in [-0.2, 0) is 5.75 Å². The van der Waals surface area contributed by atoms with Gasteiger partial charge >= 0.3 is 0 Å². The number of thioether (sulfide) groups is 1.